The van der Waals surface area contributed by atoms with E-state index >= 15 is 0 Å². The molecule has 3 heteroatoms. The van der Waals surface area contributed by atoms with Gasteiger partial charge in [-0.15, -0.1) is 0 Å². The van der Waals surface area contributed by atoms with Crippen LogP contribution in [0.4, 0.5) is 0 Å². The summed E-state index contributed by atoms with van der Waals surface area (Å²) in [5, 5.41) is 0. The van der Waals surface area contributed by atoms with Crippen LogP contribution in [-0.4, -0.2) is 21.3 Å². The third-order valence-corrected chi connectivity index (χ3v) is 1.97. The van der Waals surface area contributed by atoms with E-state index in [9.17, 15) is 0 Å². The van der Waals surface area contributed by atoms with Gasteiger partial charge in [0.15, 0.2) is 9.76 Å². The summed E-state index contributed by atoms with van der Waals surface area (Å²) in [6.45, 7) is 6.35. The van der Waals surface area contributed by atoms with Crippen molar-refractivity contribution in [2.24, 2.45) is 0 Å². The molecule has 0 heterocycles. The Morgan fingerprint density at radius 3 is 2.12 bits per heavy atom. The fraction of sp³-hybridized carbons (Fsp3) is 1.00. The molecule has 0 amide bonds. The lowest BCUT2D eigenvalue weighted by molar-refractivity contribution is 0.256. The number of rotatable bonds is 3. The van der Waals surface area contributed by atoms with Gasteiger partial charge in [-0.3, -0.25) is 0 Å². The summed E-state index contributed by atoms with van der Waals surface area (Å²) in [6.07, 6.45) is 0.464. The Hall–Kier alpha value is 0.137. The van der Waals surface area contributed by atoms with Gasteiger partial charge in [0.1, 0.15) is 0 Å². The highest BCUT2D eigenvalue weighted by atomic mass is 28.2. The van der Waals surface area contributed by atoms with Gasteiger partial charge in [0.25, 0.3) is 0 Å². The molecular formula is C5H16O2Si. The first-order valence-electron chi connectivity index (χ1n) is 2.89. The van der Waals surface area contributed by atoms with Gasteiger partial charge in [0, 0.05) is 6.10 Å². The molecule has 0 fully saturated rings. The van der Waals surface area contributed by atoms with Crippen molar-refractivity contribution in [2.75, 3.05) is 0 Å². The zero-order valence-electron chi connectivity index (χ0n) is 5.90. The summed E-state index contributed by atoms with van der Waals surface area (Å²) >= 11 is 0. The second-order valence-corrected chi connectivity index (χ2v) is 3.66. The summed E-state index contributed by atoms with van der Waals surface area (Å²) in [7, 11) is -0.126. The summed E-state index contributed by atoms with van der Waals surface area (Å²) in [5.41, 5.74) is 0. The Morgan fingerprint density at radius 1 is 1.50 bits per heavy atom. The molecule has 0 unspecified atom stereocenters. The largest absolute Gasteiger partial charge is 0.422 e. The predicted molar refractivity (Wildman–Crippen MR) is 38.9 cm³/mol. The fourth-order valence-electron chi connectivity index (χ4n) is 0.354. The Morgan fingerprint density at radius 2 is 2.00 bits per heavy atom. The van der Waals surface area contributed by atoms with E-state index in [0.29, 0.717) is 6.10 Å². The predicted octanol–water partition coefficient (Wildman–Crippen LogP) is 0.109. The normalized spacial score (nSPS) is 10.5. The second-order valence-electron chi connectivity index (χ2n) is 1.92. The van der Waals surface area contributed by atoms with Crippen LogP contribution in [0.5, 0.6) is 0 Å². The lowest BCUT2D eigenvalue weighted by Gasteiger charge is -2.03. The lowest BCUT2D eigenvalue weighted by atomic mass is 10.5. The van der Waals surface area contributed by atoms with Crippen LogP contribution in [0.3, 0.4) is 0 Å². The monoisotopic (exact) mass is 136 g/mol. The van der Waals surface area contributed by atoms with Crippen molar-refractivity contribution in [3.63, 3.8) is 0 Å². The van der Waals surface area contributed by atoms with E-state index in [1.807, 2.05) is 0 Å². The van der Waals surface area contributed by atoms with Crippen LogP contribution >= 0.6 is 0 Å². The van der Waals surface area contributed by atoms with Gasteiger partial charge in [-0.1, -0.05) is 6.92 Å². The molecule has 52 valence electrons. The summed E-state index contributed by atoms with van der Waals surface area (Å²) in [6, 6.07) is 1.26. The summed E-state index contributed by atoms with van der Waals surface area (Å²) < 4.78 is 5.33. The van der Waals surface area contributed by atoms with Crippen LogP contribution in [0, 0.1) is 0 Å². The maximum atomic E-state index is 5.33. The molecule has 0 aromatic rings. The second kappa shape index (κ2) is 7.14. The minimum atomic E-state index is -0.126. The topological polar surface area (TPSA) is 40.7 Å². The maximum Gasteiger partial charge on any atom is 0.161 e. The Labute approximate surface area is 53.5 Å². The standard InChI is InChI=1S/C5H14OSi.H2O/c1-4-7-6-5(2)3;/h5H,4,7H2,1-3H3;1H2. The van der Waals surface area contributed by atoms with Crippen LogP contribution in [0.15, 0.2) is 0 Å². The lowest BCUT2D eigenvalue weighted by Crippen LogP contribution is -2.05. The van der Waals surface area contributed by atoms with E-state index < -0.39 is 0 Å². The maximum absolute atomic E-state index is 5.33. The van der Waals surface area contributed by atoms with Gasteiger partial charge in [-0.05, 0) is 19.9 Å². The molecule has 2 nitrogen and oxygen atoms in total. The number of hydrogen-bond acceptors (Lipinski definition) is 1. The molecule has 0 aliphatic carbocycles. The van der Waals surface area contributed by atoms with Crippen LogP contribution in [0.25, 0.3) is 0 Å². The van der Waals surface area contributed by atoms with Gasteiger partial charge in [-0.2, -0.15) is 0 Å². The molecule has 0 aliphatic heterocycles. The van der Waals surface area contributed by atoms with Gasteiger partial charge < -0.3 is 9.90 Å². The average molecular weight is 136 g/mol. The molecule has 0 bridgehead atoms. The van der Waals surface area contributed by atoms with Crippen molar-refractivity contribution in [2.45, 2.75) is 32.9 Å². The molecule has 0 rings (SSSR count). The first-order valence-corrected chi connectivity index (χ1v) is 4.46. The van der Waals surface area contributed by atoms with Crippen molar-refractivity contribution in [1.29, 1.82) is 0 Å². The molecular weight excluding hydrogens is 120 g/mol. The van der Waals surface area contributed by atoms with E-state index in [4.69, 9.17) is 4.43 Å². The van der Waals surface area contributed by atoms with Crippen LogP contribution in [-0.2, 0) is 4.43 Å². The quantitative estimate of drug-likeness (QED) is 0.508. The third kappa shape index (κ3) is 9.46. The van der Waals surface area contributed by atoms with Gasteiger partial charge in [0.05, 0.1) is 0 Å². The van der Waals surface area contributed by atoms with E-state index in [-0.39, 0.29) is 15.2 Å². The molecule has 8 heavy (non-hydrogen) atoms. The summed E-state index contributed by atoms with van der Waals surface area (Å²) in [5.74, 6) is 0. The van der Waals surface area contributed by atoms with Crippen molar-refractivity contribution in [1.82, 2.24) is 0 Å². The third-order valence-electron chi connectivity index (χ3n) is 0.655. The number of hydrogen-bond donors (Lipinski definition) is 0. The van der Waals surface area contributed by atoms with Crippen LogP contribution in [0.2, 0.25) is 6.04 Å². The fourth-order valence-corrected chi connectivity index (χ4v) is 1.06. The molecule has 0 aromatic heterocycles. The van der Waals surface area contributed by atoms with E-state index in [2.05, 4.69) is 20.8 Å². The van der Waals surface area contributed by atoms with E-state index in [1.165, 1.54) is 6.04 Å². The first-order chi connectivity index (χ1) is 3.27. The molecule has 0 saturated heterocycles. The van der Waals surface area contributed by atoms with Crippen molar-refractivity contribution in [3.8, 4) is 0 Å². The molecule has 0 saturated carbocycles. The molecule has 0 atom stereocenters. The highest BCUT2D eigenvalue weighted by molar-refractivity contribution is 6.26. The zero-order chi connectivity index (χ0) is 5.70. The Kier molecular flexibility index (Phi) is 9.82. The molecule has 0 spiro atoms. The van der Waals surface area contributed by atoms with Gasteiger partial charge >= 0.3 is 0 Å². The van der Waals surface area contributed by atoms with Gasteiger partial charge in [-0.25, -0.2) is 0 Å². The minimum absolute atomic E-state index is 0. The molecule has 2 N–H and O–H groups in total. The van der Waals surface area contributed by atoms with Gasteiger partial charge in [0.2, 0.25) is 0 Å². The highest BCUT2D eigenvalue weighted by Crippen LogP contribution is 1.85. The molecule has 0 radical (unpaired) electrons. The van der Waals surface area contributed by atoms with Crippen molar-refractivity contribution in [3.05, 3.63) is 0 Å². The Balaban J connectivity index is 0. The minimum Gasteiger partial charge on any atom is -0.422 e. The van der Waals surface area contributed by atoms with Crippen LogP contribution in [0.1, 0.15) is 20.8 Å². The van der Waals surface area contributed by atoms with E-state index in [0.717, 1.165) is 0 Å². The summed E-state index contributed by atoms with van der Waals surface area (Å²) in [4.78, 5) is 0. The van der Waals surface area contributed by atoms with Crippen molar-refractivity contribution < 1.29 is 9.90 Å². The van der Waals surface area contributed by atoms with E-state index in [1.54, 1.807) is 0 Å². The molecule has 0 aromatic carbocycles. The average Bonchev–Trinajstić information content (AvgIpc) is 1.61. The molecule has 0 aliphatic rings. The van der Waals surface area contributed by atoms with Crippen LogP contribution < -0.4 is 0 Å². The smallest absolute Gasteiger partial charge is 0.161 e. The highest BCUT2D eigenvalue weighted by Gasteiger charge is 1.87. The van der Waals surface area contributed by atoms with Crippen molar-refractivity contribution >= 4 is 9.76 Å². The SMILES string of the molecule is CC[SiH2]OC(C)C.O. The zero-order valence-corrected chi connectivity index (χ0v) is 7.31. The first kappa shape index (κ1) is 11.0. The Bertz CT molecular complexity index is 39.4.